The van der Waals surface area contributed by atoms with Crippen LogP contribution in [0.1, 0.15) is 47.0 Å². The number of rotatable bonds is 2. The van der Waals surface area contributed by atoms with Crippen LogP contribution >= 0.6 is 0 Å². The van der Waals surface area contributed by atoms with Crippen LogP contribution in [0.2, 0.25) is 0 Å². The minimum Gasteiger partial charge on any atom is -0.388 e. The zero-order chi connectivity index (χ0) is 17.0. The van der Waals surface area contributed by atoms with Crippen LogP contribution in [-0.2, 0) is 9.59 Å². The molecule has 0 amide bonds. The molecule has 3 nitrogen and oxygen atoms in total. The number of carbonyl (C=O) groups is 2. The molecule has 4 unspecified atom stereocenters. The number of aliphatic hydroxyl groups excluding tert-OH is 1. The van der Waals surface area contributed by atoms with Gasteiger partial charge >= 0.3 is 0 Å². The molecule has 23 heavy (non-hydrogen) atoms. The van der Waals surface area contributed by atoms with Crippen molar-refractivity contribution >= 4 is 12.1 Å². The molecule has 0 aromatic carbocycles. The number of hydrogen-bond acceptors (Lipinski definition) is 3. The van der Waals surface area contributed by atoms with Gasteiger partial charge in [0.2, 0.25) is 0 Å². The van der Waals surface area contributed by atoms with Gasteiger partial charge in [-0.3, -0.25) is 9.59 Å². The number of fused-ring (bicyclic) bond motifs is 3. The maximum Gasteiger partial charge on any atom is 0.162 e. The van der Waals surface area contributed by atoms with Gasteiger partial charge in [0.15, 0.2) is 5.78 Å². The summed E-state index contributed by atoms with van der Waals surface area (Å²) in [7, 11) is 0. The molecule has 1 saturated carbocycles. The standard InChI is InChI=1S/C20H26O3/c1-12(2)14-5-6-19(3)7-8-20(4)15(18(14)19)10-16(22)13(11-21)9-17(20)23/h5-6,9,11-12,15-16,22H,7-8,10H2,1-4H3. The Labute approximate surface area is 138 Å². The van der Waals surface area contributed by atoms with E-state index < -0.39 is 11.5 Å². The second-order valence-corrected chi connectivity index (χ2v) is 8.12. The van der Waals surface area contributed by atoms with E-state index in [0.717, 1.165) is 12.8 Å². The van der Waals surface area contributed by atoms with E-state index in [4.69, 9.17) is 0 Å². The van der Waals surface area contributed by atoms with Gasteiger partial charge in [0.05, 0.1) is 6.10 Å². The lowest BCUT2D eigenvalue weighted by molar-refractivity contribution is -0.127. The van der Waals surface area contributed by atoms with E-state index in [2.05, 4.69) is 32.9 Å². The van der Waals surface area contributed by atoms with Gasteiger partial charge in [-0.15, -0.1) is 0 Å². The van der Waals surface area contributed by atoms with Crippen LogP contribution in [0.3, 0.4) is 0 Å². The van der Waals surface area contributed by atoms with Gasteiger partial charge in [-0.1, -0.05) is 45.4 Å². The molecule has 0 bridgehead atoms. The minimum atomic E-state index is -0.855. The summed E-state index contributed by atoms with van der Waals surface area (Å²) in [6.07, 6.45) is 7.83. The van der Waals surface area contributed by atoms with Gasteiger partial charge in [-0.25, -0.2) is 0 Å². The average Bonchev–Trinajstić information content (AvgIpc) is 2.81. The van der Waals surface area contributed by atoms with Crippen molar-refractivity contribution in [2.24, 2.45) is 22.7 Å². The molecule has 0 spiro atoms. The van der Waals surface area contributed by atoms with Gasteiger partial charge in [-0.05, 0) is 42.7 Å². The number of aldehydes is 1. The fourth-order valence-electron chi connectivity index (χ4n) is 4.67. The fourth-order valence-corrected chi connectivity index (χ4v) is 4.67. The van der Waals surface area contributed by atoms with Crippen molar-refractivity contribution in [3.8, 4) is 0 Å². The Balaban J connectivity index is 2.16. The van der Waals surface area contributed by atoms with Crippen LogP contribution < -0.4 is 0 Å². The molecule has 1 N–H and O–H groups in total. The Morgan fingerprint density at radius 3 is 2.61 bits per heavy atom. The van der Waals surface area contributed by atoms with Crippen molar-refractivity contribution < 1.29 is 14.7 Å². The van der Waals surface area contributed by atoms with Crippen LogP contribution in [0.15, 0.2) is 34.9 Å². The summed E-state index contributed by atoms with van der Waals surface area (Å²) < 4.78 is 0. The fraction of sp³-hybridized carbons (Fsp3) is 0.600. The summed E-state index contributed by atoms with van der Waals surface area (Å²) >= 11 is 0. The predicted molar refractivity (Wildman–Crippen MR) is 89.7 cm³/mol. The summed E-state index contributed by atoms with van der Waals surface area (Å²) in [5.74, 6) is 0.370. The zero-order valence-corrected chi connectivity index (χ0v) is 14.4. The second kappa shape index (κ2) is 5.27. The molecule has 0 aromatic heterocycles. The summed E-state index contributed by atoms with van der Waals surface area (Å²) in [4.78, 5) is 24.1. The van der Waals surface area contributed by atoms with Crippen LogP contribution in [0.25, 0.3) is 0 Å². The van der Waals surface area contributed by atoms with Crippen molar-refractivity contribution in [2.75, 3.05) is 0 Å². The lowest BCUT2D eigenvalue weighted by Crippen LogP contribution is -2.44. The van der Waals surface area contributed by atoms with Crippen molar-refractivity contribution in [1.29, 1.82) is 0 Å². The molecular formula is C20H26O3. The normalized spacial score (nSPS) is 39.9. The molecule has 3 rings (SSSR count). The van der Waals surface area contributed by atoms with Crippen molar-refractivity contribution in [3.05, 3.63) is 34.9 Å². The Morgan fingerprint density at radius 1 is 1.30 bits per heavy atom. The molecule has 4 atom stereocenters. The van der Waals surface area contributed by atoms with Crippen molar-refractivity contribution in [3.63, 3.8) is 0 Å². The van der Waals surface area contributed by atoms with E-state index in [1.54, 1.807) is 0 Å². The molecular weight excluding hydrogens is 288 g/mol. The first-order valence-electron chi connectivity index (χ1n) is 8.56. The van der Waals surface area contributed by atoms with Crippen LogP contribution in [0.5, 0.6) is 0 Å². The second-order valence-electron chi connectivity index (χ2n) is 8.12. The molecule has 3 heteroatoms. The number of ketones is 1. The van der Waals surface area contributed by atoms with E-state index in [1.807, 2.05) is 6.92 Å². The Bertz CT molecular complexity index is 652. The molecule has 124 valence electrons. The molecule has 0 saturated heterocycles. The molecule has 0 radical (unpaired) electrons. The Hall–Kier alpha value is -1.48. The topological polar surface area (TPSA) is 54.4 Å². The highest BCUT2D eigenvalue weighted by Crippen LogP contribution is 2.60. The highest BCUT2D eigenvalue weighted by atomic mass is 16.3. The van der Waals surface area contributed by atoms with Gasteiger partial charge in [0.1, 0.15) is 6.29 Å². The van der Waals surface area contributed by atoms with Crippen LogP contribution in [-0.4, -0.2) is 23.3 Å². The third-order valence-electron chi connectivity index (χ3n) is 6.30. The van der Waals surface area contributed by atoms with Gasteiger partial charge in [0, 0.05) is 16.4 Å². The first kappa shape index (κ1) is 16.4. The SMILES string of the molecule is CC(C)C1=C2C3CC(O)C(C=O)=CC(=O)C3(C)CCC2(C)C=C1. The molecule has 1 fully saturated rings. The Kier molecular flexibility index (Phi) is 3.75. The molecule has 0 aliphatic heterocycles. The summed E-state index contributed by atoms with van der Waals surface area (Å²) in [5, 5.41) is 10.5. The Morgan fingerprint density at radius 2 is 2.00 bits per heavy atom. The minimum absolute atomic E-state index is 0.00861. The van der Waals surface area contributed by atoms with E-state index in [9.17, 15) is 14.7 Å². The number of aliphatic hydroxyl groups is 1. The van der Waals surface area contributed by atoms with E-state index in [1.165, 1.54) is 17.2 Å². The lowest BCUT2D eigenvalue weighted by Gasteiger charge is -2.48. The van der Waals surface area contributed by atoms with Crippen LogP contribution in [0.4, 0.5) is 0 Å². The first-order valence-corrected chi connectivity index (χ1v) is 8.56. The first-order chi connectivity index (χ1) is 10.7. The average molecular weight is 314 g/mol. The zero-order valence-electron chi connectivity index (χ0n) is 14.4. The highest BCUT2D eigenvalue weighted by Gasteiger charge is 2.54. The largest absolute Gasteiger partial charge is 0.388 e. The monoisotopic (exact) mass is 314 g/mol. The molecule has 3 aliphatic carbocycles. The summed E-state index contributed by atoms with van der Waals surface area (Å²) in [5.41, 5.74) is 2.31. The number of hydrogen-bond donors (Lipinski definition) is 1. The van der Waals surface area contributed by atoms with Gasteiger partial charge in [0.25, 0.3) is 0 Å². The third kappa shape index (κ3) is 2.28. The van der Waals surface area contributed by atoms with E-state index in [-0.39, 0.29) is 22.7 Å². The highest BCUT2D eigenvalue weighted by molar-refractivity contribution is 6.00. The van der Waals surface area contributed by atoms with E-state index in [0.29, 0.717) is 18.6 Å². The van der Waals surface area contributed by atoms with Crippen molar-refractivity contribution in [2.45, 2.75) is 53.1 Å². The number of allylic oxidation sites excluding steroid dienone is 5. The number of carbonyl (C=O) groups excluding carboxylic acids is 2. The quantitative estimate of drug-likeness (QED) is 0.795. The predicted octanol–water partition coefficient (Wildman–Crippen LogP) is 3.39. The summed E-state index contributed by atoms with van der Waals surface area (Å²) in [6, 6.07) is 0. The van der Waals surface area contributed by atoms with Crippen molar-refractivity contribution in [1.82, 2.24) is 0 Å². The maximum atomic E-state index is 12.9. The smallest absolute Gasteiger partial charge is 0.162 e. The van der Waals surface area contributed by atoms with Gasteiger partial charge in [-0.2, -0.15) is 0 Å². The summed E-state index contributed by atoms with van der Waals surface area (Å²) in [6.45, 7) is 8.60. The molecule has 3 aliphatic rings. The maximum absolute atomic E-state index is 12.9. The lowest BCUT2D eigenvalue weighted by atomic mass is 9.54. The van der Waals surface area contributed by atoms with Gasteiger partial charge < -0.3 is 5.11 Å². The van der Waals surface area contributed by atoms with E-state index >= 15 is 0 Å². The molecule has 0 aromatic rings. The van der Waals surface area contributed by atoms with Crippen LogP contribution in [0, 0.1) is 22.7 Å². The third-order valence-corrected chi connectivity index (χ3v) is 6.30. The molecule has 0 heterocycles.